The first-order chi connectivity index (χ1) is 23.3. The van der Waals surface area contributed by atoms with Crippen LogP contribution in [-0.4, -0.2) is 41.9 Å². The molecule has 0 aromatic rings. The van der Waals surface area contributed by atoms with Crippen molar-refractivity contribution in [3.63, 3.8) is 0 Å². The van der Waals surface area contributed by atoms with E-state index in [0.717, 1.165) is 77.0 Å². The van der Waals surface area contributed by atoms with Crippen molar-refractivity contribution in [3.05, 3.63) is 48.6 Å². The van der Waals surface area contributed by atoms with Crippen molar-refractivity contribution in [2.75, 3.05) is 5.75 Å². The molecule has 3 N–H and O–H groups in total. The predicted octanol–water partition coefficient (Wildman–Crippen LogP) is 11.5. The van der Waals surface area contributed by atoms with E-state index in [-0.39, 0.29) is 5.91 Å². The maximum absolute atomic E-state index is 12.5. The van der Waals surface area contributed by atoms with E-state index >= 15 is 0 Å². The van der Waals surface area contributed by atoms with Crippen LogP contribution in [0.5, 0.6) is 0 Å². The van der Waals surface area contributed by atoms with Gasteiger partial charge in [0.25, 0.3) is 10.1 Å². The molecular weight excluding hydrogens is 619 g/mol. The Labute approximate surface area is 297 Å². The Morgan fingerprint density at radius 2 is 1.00 bits per heavy atom. The monoisotopic (exact) mass is 694 g/mol. The summed E-state index contributed by atoms with van der Waals surface area (Å²) in [7, 11) is -4.31. The quantitative estimate of drug-likeness (QED) is 0.0348. The van der Waals surface area contributed by atoms with Gasteiger partial charge in [0, 0.05) is 6.42 Å². The molecule has 0 radical (unpaired) electrons. The lowest BCUT2D eigenvalue weighted by atomic mass is 10.0. The highest BCUT2D eigenvalue weighted by Crippen LogP contribution is 2.15. The Balaban J connectivity index is 3.88. The van der Waals surface area contributed by atoms with Gasteiger partial charge >= 0.3 is 0 Å². The van der Waals surface area contributed by atoms with Crippen LogP contribution >= 0.6 is 0 Å². The van der Waals surface area contributed by atoms with Crippen LogP contribution in [0.2, 0.25) is 0 Å². The molecule has 0 bridgehead atoms. The number of carbonyl (C=O) groups is 1. The molecule has 280 valence electrons. The van der Waals surface area contributed by atoms with Gasteiger partial charge in [-0.05, 0) is 51.4 Å². The van der Waals surface area contributed by atoms with Crippen molar-refractivity contribution in [2.24, 2.45) is 0 Å². The number of hydrogen-bond donors (Lipinski definition) is 3. The minimum absolute atomic E-state index is 0.256. The van der Waals surface area contributed by atoms with E-state index in [9.17, 15) is 22.9 Å². The van der Waals surface area contributed by atoms with Crippen LogP contribution in [0.4, 0.5) is 0 Å². The fourth-order valence-corrected chi connectivity index (χ4v) is 6.62. The fraction of sp³-hybridized carbons (Fsp3) is 0.780. The minimum Gasteiger partial charge on any atom is -0.391 e. The van der Waals surface area contributed by atoms with Crippen molar-refractivity contribution in [1.29, 1.82) is 0 Å². The zero-order valence-electron chi connectivity index (χ0n) is 31.1. The van der Waals surface area contributed by atoms with Crippen molar-refractivity contribution in [2.45, 2.75) is 199 Å². The summed E-state index contributed by atoms with van der Waals surface area (Å²) < 4.78 is 32.5. The van der Waals surface area contributed by atoms with Gasteiger partial charge in [0.15, 0.2) is 0 Å². The lowest BCUT2D eigenvalue weighted by molar-refractivity contribution is -0.122. The molecule has 7 heteroatoms. The molecule has 2 unspecified atom stereocenters. The van der Waals surface area contributed by atoms with Crippen LogP contribution in [0, 0.1) is 0 Å². The van der Waals surface area contributed by atoms with Gasteiger partial charge in [0.05, 0.1) is 17.9 Å². The van der Waals surface area contributed by atoms with Gasteiger partial charge in [-0.1, -0.05) is 178 Å². The molecule has 48 heavy (non-hydrogen) atoms. The van der Waals surface area contributed by atoms with Gasteiger partial charge in [-0.2, -0.15) is 8.42 Å². The van der Waals surface area contributed by atoms with E-state index in [1.165, 1.54) is 83.5 Å². The zero-order chi connectivity index (χ0) is 35.4. The smallest absolute Gasteiger partial charge is 0.266 e. The maximum Gasteiger partial charge on any atom is 0.266 e. The Bertz CT molecular complexity index is 940. The van der Waals surface area contributed by atoms with E-state index < -0.39 is 28.0 Å². The van der Waals surface area contributed by atoms with Crippen LogP contribution < -0.4 is 5.32 Å². The molecular formula is C41H75NO5S. The standard InChI is InChI=1S/C41H75NO5S/c1-3-5-7-9-11-13-15-17-18-19-20-21-22-23-24-25-27-29-31-33-35-37-41(44)42-39(38-48(45,46)47)40(43)36-34-32-30-28-26-16-14-12-10-8-6-4-2/h5,7,11,13,17-18,20-21,39-40,43H,3-4,6,8-10,12,14-16,19,22-38H2,1-2H3,(H,42,44)(H,45,46,47)/b7-5-,13-11-,18-17-,21-20-. The number of carbonyl (C=O) groups excluding carboxylic acids is 1. The topological polar surface area (TPSA) is 104 Å². The Hall–Kier alpha value is -1.70. The first-order valence-electron chi connectivity index (χ1n) is 19.8. The van der Waals surface area contributed by atoms with Gasteiger partial charge < -0.3 is 10.4 Å². The molecule has 1 amide bonds. The summed E-state index contributed by atoms with van der Waals surface area (Å²) in [5.41, 5.74) is 0. The third-order valence-corrected chi connectivity index (χ3v) is 9.58. The Kier molecular flexibility index (Phi) is 33.9. The SMILES string of the molecule is CC/C=C\C/C=C\C/C=C\C/C=C\CCCCCCCCCCC(=O)NC(CS(=O)(=O)O)C(O)CCCCCCCCCCCCCC. The number of nitrogens with one attached hydrogen (secondary N) is 1. The van der Waals surface area contributed by atoms with E-state index in [1.54, 1.807) is 0 Å². The molecule has 0 saturated carbocycles. The molecule has 0 aliphatic rings. The molecule has 0 spiro atoms. The highest BCUT2D eigenvalue weighted by molar-refractivity contribution is 7.85. The number of allylic oxidation sites excluding steroid dienone is 8. The van der Waals surface area contributed by atoms with Crippen LogP contribution in [0.3, 0.4) is 0 Å². The molecule has 0 rings (SSSR count). The molecule has 6 nitrogen and oxygen atoms in total. The second-order valence-electron chi connectivity index (χ2n) is 13.5. The van der Waals surface area contributed by atoms with Gasteiger partial charge in [0.2, 0.25) is 5.91 Å². The number of aliphatic hydroxyl groups is 1. The average molecular weight is 694 g/mol. The lowest BCUT2D eigenvalue weighted by Gasteiger charge is -2.23. The second kappa shape index (κ2) is 35.1. The molecule has 0 aliphatic carbocycles. The molecule has 0 aromatic carbocycles. The van der Waals surface area contributed by atoms with Crippen molar-refractivity contribution in [1.82, 2.24) is 5.32 Å². The number of hydrogen-bond acceptors (Lipinski definition) is 4. The van der Waals surface area contributed by atoms with Gasteiger partial charge in [-0.15, -0.1) is 0 Å². The zero-order valence-corrected chi connectivity index (χ0v) is 31.9. The van der Waals surface area contributed by atoms with Crippen molar-refractivity contribution >= 4 is 16.0 Å². The summed E-state index contributed by atoms with van der Waals surface area (Å²) in [4.78, 5) is 12.5. The average Bonchev–Trinajstić information content (AvgIpc) is 3.05. The van der Waals surface area contributed by atoms with E-state index in [1.807, 2.05) is 0 Å². The fourth-order valence-electron chi connectivity index (χ4n) is 5.86. The molecule has 0 saturated heterocycles. The summed E-state index contributed by atoms with van der Waals surface area (Å²) >= 11 is 0. The number of unbranched alkanes of at least 4 members (excludes halogenated alkanes) is 19. The maximum atomic E-state index is 12.5. The molecule has 2 atom stereocenters. The summed E-state index contributed by atoms with van der Waals surface area (Å²) in [5, 5.41) is 13.3. The van der Waals surface area contributed by atoms with Gasteiger partial charge in [-0.3, -0.25) is 9.35 Å². The minimum atomic E-state index is -4.31. The Morgan fingerprint density at radius 3 is 1.48 bits per heavy atom. The first-order valence-corrected chi connectivity index (χ1v) is 21.4. The highest BCUT2D eigenvalue weighted by atomic mass is 32.2. The molecule has 0 fully saturated rings. The summed E-state index contributed by atoms with van der Waals surface area (Å²) in [6, 6.07) is -0.975. The number of aliphatic hydroxyl groups excluding tert-OH is 1. The van der Waals surface area contributed by atoms with Crippen LogP contribution in [0.1, 0.15) is 187 Å². The van der Waals surface area contributed by atoms with Gasteiger partial charge in [-0.25, -0.2) is 0 Å². The van der Waals surface area contributed by atoms with Crippen LogP contribution in [-0.2, 0) is 14.9 Å². The predicted molar refractivity (Wildman–Crippen MR) is 207 cm³/mol. The normalized spacial score (nSPS) is 13.8. The summed E-state index contributed by atoms with van der Waals surface area (Å²) in [5.74, 6) is -0.909. The third-order valence-electron chi connectivity index (χ3n) is 8.80. The van der Waals surface area contributed by atoms with Crippen LogP contribution in [0.15, 0.2) is 48.6 Å². The van der Waals surface area contributed by atoms with Crippen molar-refractivity contribution < 1.29 is 22.9 Å². The lowest BCUT2D eigenvalue weighted by Crippen LogP contribution is -2.47. The third kappa shape index (κ3) is 35.6. The van der Waals surface area contributed by atoms with E-state index in [0.29, 0.717) is 12.8 Å². The Morgan fingerprint density at radius 1 is 0.583 bits per heavy atom. The number of rotatable bonds is 35. The second-order valence-corrected chi connectivity index (χ2v) is 15.0. The van der Waals surface area contributed by atoms with Crippen LogP contribution in [0.25, 0.3) is 0 Å². The highest BCUT2D eigenvalue weighted by Gasteiger charge is 2.26. The molecule has 0 heterocycles. The summed E-state index contributed by atoms with van der Waals surface area (Å²) in [6.45, 7) is 4.39. The first kappa shape index (κ1) is 46.3. The largest absolute Gasteiger partial charge is 0.391 e. The van der Waals surface area contributed by atoms with Gasteiger partial charge in [0.1, 0.15) is 0 Å². The number of amides is 1. The van der Waals surface area contributed by atoms with Crippen molar-refractivity contribution in [3.8, 4) is 0 Å². The summed E-state index contributed by atoms with van der Waals surface area (Å²) in [6.07, 6.45) is 46.3. The molecule has 0 aliphatic heterocycles. The molecule has 0 aromatic heterocycles. The van der Waals surface area contributed by atoms with E-state index in [2.05, 4.69) is 67.8 Å². The van der Waals surface area contributed by atoms with E-state index in [4.69, 9.17) is 0 Å².